The Labute approximate surface area is 121 Å². The van der Waals surface area contributed by atoms with Gasteiger partial charge >= 0.3 is 0 Å². The predicted octanol–water partition coefficient (Wildman–Crippen LogP) is 2.64. The average molecular weight is 278 g/mol. The Morgan fingerprint density at radius 2 is 1.85 bits per heavy atom. The Kier molecular flexibility index (Phi) is 5.57. The lowest BCUT2D eigenvalue weighted by Crippen LogP contribution is -2.40. The average Bonchev–Trinajstić information content (AvgIpc) is 2.37. The van der Waals surface area contributed by atoms with Gasteiger partial charge < -0.3 is 15.8 Å². The fourth-order valence-corrected chi connectivity index (χ4v) is 1.78. The third-order valence-corrected chi connectivity index (χ3v) is 3.51. The zero-order chi connectivity index (χ0) is 15.3. The smallest absolute Gasteiger partial charge is 0.222 e. The highest BCUT2D eigenvalue weighted by atomic mass is 16.5. The van der Waals surface area contributed by atoms with Gasteiger partial charge in [-0.05, 0) is 30.0 Å². The van der Waals surface area contributed by atoms with Gasteiger partial charge in [0.25, 0.3) is 0 Å². The quantitative estimate of drug-likeness (QED) is 0.870. The summed E-state index contributed by atoms with van der Waals surface area (Å²) in [4.78, 5) is 12.0. The molecule has 4 nitrogen and oxygen atoms in total. The van der Waals surface area contributed by atoms with Crippen LogP contribution in [0.2, 0.25) is 0 Å². The monoisotopic (exact) mass is 278 g/mol. The Balaban J connectivity index is 2.56. The lowest BCUT2D eigenvalue weighted by molar-refractivity contribution is -0.122. The molecule has 1 amide bonds. The normalized spacial score (nSPS) is 14.5. The maximum Gasteiger partial charge on any atom is 0.222 e. The molecule has 0 aliphatic rings. The number of carbonyl (C=O) groups is 1. The van der Waals surface area contributed by atoms with Gasteiger partial charge in [-0.3, -0.25) is 4.79 Å². The van der Waals surface area contributed by atoms with Gasteiger partial charge in [0, 0.05) is 12.5 Å². The Hall–Kier alpha value is -1.55. The molecule has 0 spiro atoms. The highest BCUT2D eigenvalue weighted by Gasteiger charge is 2.23. The molecular formula is C16H26N2O2. The molecule has 112 valence electrons. The topological polar surface area (TPSA) is 64.3 Å². The molecular weight excluding hydrogens is 252 g/mol. The number of benzene rings is 1. The summed E-state index contributed by atoms with van der Waals surface area (Å²) in [6.45, 7) is 8.08. The molecule has 4 heteroatoms. The maximum absolute atomic E-state index is 12.0. The second-order valence-corrected chi connectivity index (χ2v) is 6.24. The van der Waals surface area contributed by atoms with Crippen molar-refractivity contribution in [2.45, 2.75) is 46.2 Å². The molecule has 0 fully saturated rings. The minimum absolute atomic E-state index is 0.0178. The molecule has 1 aromatic rings. The van der Waals surface area contributed by atoms with Crippen LogP contribution in [0.5, 0.6) is 5.75 Å². The molecule has 0 aliphatic carbocycles. The van der Waals surface area contributed by atoms with E-state index in [9.17, 15) is 4.79 Å². The van der Waals surface area contributed by atoms with Crippen molar-refractivity contribution in [2.75, 3.05) is 7.11 Å². The summed E-state index contributed by atoms with van der Waals surface area (Å²) >= 11 is 0. The van der Waals surface area contributed by atoms with E-state index in [2.05, 4.69) is 5.32 Å². The lowest BCUT2D eigenvalue weighted by Gasteiger charge is -2.27. The molecule has 0 aliphatic heterocycles. The zero-order valence-electron chi connectivity index (χ0n) is 13.1. The third kappa shape index (κ3) is 4.85. The van der Waals surface area contributed by atoms with E-state index in [4.69, 9.17) is 10.5 Å². The van der Waals surface area contributed by atoms with Crippen LogP contribution in [0.15, 0.2) is 24.3 Å². The van der Waals surface area contributed by atoms with Crippen molar-refractivity contribution in [1.82, 2.24) is 5.32 Å². The Morgan fingerprint density at radius 1 is 1.30 bits per heavy atom. The Bertz CT molecular complexity index is 435. The second-order valence-electron chi connectivity index (χ2n) is 6.24. The largest absolute Gasteiger partial charge is 0.497 e. The van der Waals surface area contributed by atoms with Crippen molar-refractivity contribution in [2.24, 2.45) is 11.1 Å². The number of hydrogen-bond acceptors (Lipinski definition) is 3. The number of nitrogens with one attached hydrogen (secondary N) is 1. The number of methoxy groups -OCH3 is 1. The molecule has 1 rings (SSSR count). The standard InChI is InChI=1S/C16H26N2O2/c1-11(12-6-8-13(20-5)9-7-12)18-15(19)10-14(17)16(2,3)4/h6-9,11,14H,10,17H2,1-5H3,(H,18,19)/t11-,14?/m1/s1. The fraction of sp³-hybridized carbons (Fsp3) is 0.562. The van der Waals surface area contributed by atoms with Crippen molar-refractivity contribution in [3.8, 4) is 5.75 Å². The van der Waals surface area contributed by atoms with Crippen LogP contribution in [0, 0.1) is 5.41 Å². The number of amides is 1. The van der Waals surface area contributed by atoms with Gasteiger partial charge in [-0.1, -0.05) is 32.9 Å². The first-order valence-electron chi connectivity index (χ1n) is 6.93. The van der Waals surface area contributed by atoms with Crippen LogP contribution in [0.25, 0.3) is 0 Å². The van der Waals surface area contributed by atoms with Gasteiger partial charge in [-0.2, -0.15) is 0 Å². The van der Waals surface area contributed by atoms with E-state index in [0.29, 0.717) is 6.42 Å². The van der Waals surface area contributed by atoms with E-state index < -0.39 is 0 Å². The highest BCUT2D eigenvalue weighted by molar-refractivity contribution is 5.77. The van der Waals surface area contributed by atoms with Crippen molar-refractivity contribution in [1.29, 1.82) is 0 Å². The fourth-order valence-electron chi connectivity index (χ4n) is 1.78. The van der Waals surface area contributed by atoms with Crippen LogP contribution >= 0.6 is 0 Å². The molecule has 3 N–H and O–H groups in total. The minimum atomic E-state index is -0.148. The van der Waals surface area contributed by atoms with Crippen molar-refractivity contribution < 1.29 is 9.53 Å². The van der Waals surface area contributed by atoms with Crippen LogP contribution in [0.4, 0.5) is 0 Å². The van der Waals surface area contributed by atoms with Crippen molar-refractivity contribution in [3.63, 3.8) is 0 Å². The first-order valence-corrected chi connectivity index (χ1v) is 6.93. The van der Waals surface area contributed by atoms with Crippen LogP contribution in [-0.4, -0.2) is 19.1 Å². The molecule has 0 radical (unpaired) electrons. The van der Waals surface area contributed by atoms with Crippen LogP contribution in [0.3, 0.4) is 0 Å². The van der Waals surface area contributed by atoms with Gasteiger partial charge in [-0.15, -0.1) is 0 Å². The first-order chi connectivity index (χ1) is 9.24. The summed E-state index contributed by atoms with van der Waals surface area (Å²) in [6.07, 6.45) is 0.337. The molecule has 0 saturated heterocycles. The SMILES string of the molecule is COc1ccc([C@@H](C)NC(=O)CC(N)C(C)(C)C)cc1. The van der Waals surface area contributed by atoms with Crippen LogP contribution in [0.1, 0.15) is 45.7 Å². The third-order valence-electron chi connectivity index (χ3n) is 3.51. The van der Waals surface area contributed by atoms with E-state index in [-0.39, 0.29) is 23.4 Å². The zero-order valence-corrected chi connectivity index (χ0v) is 13.1. The molecule has 1 aromatic carbocycles. The molecule has 20 heavy (non-hydrogen) atoms. The van der Waals surface area contributed by atoms with Gasteiger partial charge in [0.1, 0.15) is 5.75 Å². The number of ether oxygens (including phenoxy) is 1. The molecule has 0 bridgehead atoms. The maximum atomic E-state index is 12.0. The number of carbonyl (C=O) groups excluding carboxylic acids is 1. The van der Waals surface area contributed by atoms with Crippen molar-refractivity contribution in [3.05, 3.63) is 29.8 Å². The first kappa shape index (κ1) is 16.5. The predicted molar refractivity (Wildman–Crippen MR) is 81.6 cm³/mol. The Morgan fingerprint density at radius 3 is 2.30 bits per heavy atom. The summed E-state index contributed by atoms with van der Waals surface area (Å²) in [5.74, 6) is 0.790. The van der Waals surface area contributed by atoms with E-state index in [1.807, 2.05) is 52.0 Å². The number of rotatable bonds is 5. The van der Waals surface area contributed by atoms with Gasteiger partial charge in [0.15, 0.2) is 0 Å². The molecule has 0 aromatic heterocycles. The molecule has 2 atom stereocenters. The molecule has 0 saturated carbocycles. The summed E-state index contributed by atoms with van der Waals surface area (Å²) in [5.41, 5.74) is 7.00. The van der Waals surface area contributed by atoms with E-state index >= 15 is 0 Å². The van der Waals surface area contributed by atoms with Gasteiger partial charge in [-0.25, -0.2) is 0 Å². The number of hydrogen-bond donors (Lipinski definition) is 2. The van der Waals surface area contributed by atoms with Crippen molar-refractivity contribution >= 4 is 5.91 Å². The molecule has 1 unspecified atom stereocenters. The van der Waals surface area contributed by atoms with Crippen LogP contribution < -0.4 is 15.8 Å². The van der Waals surface area contributed by atoms with Gasteiger partial charge in [0.05, 0.1) is 13.2 Å². The van der Waals surface area contributed by atoms with E-state index in [1.54, 1.807) is 7.11 Å². The summed E-state index contributed by atoms with van der Waals surface area (Å²) in [6, 6.07) is 7.49. The highest BCUT2D eigenvalue weighted by Crippen LogP contribution is 2.21. The summed E-state index contributed by atoms with van der Waals surface area (Å²) < 4.78 is 5.12. The summed E-state index contributed by atoms with van der Waals surface area (Å²) in [7, 11) is 1.63. The minimum Gasteiger partial charge on any atom is -0.497 e. The van der Waals surface area contributed by atoms with E-state index in [1.165, 1.54) is 0 Å². The van der Waals surface area contributed by atoms with E-state index in [0.717, 1.165) is 11.3 Å². The number of nitrogens with two attached hydrogens (primary N) is 1. The second kappa shape index (κ2) is 6.75. The lowest BCUT2D eigenvalue weighted by atomic mass is 9.85. The van der Waals surface area contributed by atoms with Crippen LogP contribution in [-0.2, 0) is 4.79 Å². The summed E-state index contributed by atoms with van der Waals surface area (Å²) in [5, 5.41) is 2.98. The van der Waals surface area contributed by atoms with Gasteiger partial charge in [0.2, 0.25) is 5.91 Å². The molecule has 0 heterocycles.